The van der Waals surface area contributed by atoms with Gasteiger partial charge in [0.1, 0.15) is 0 Å². The van der Waals surface area contributed by atoms with Gasteiger partial charge in [-0.1, -0.05) is 24.4 Å². The summed E-state index contributed by atoms with van der Waals surface area (Å²) in [5.74, 6) is 0. The molecular weight excluding hydrogens is 220 g/mol. The molecule has 0 radical (unpaired) electrons. The fourth-order valence-corrected chi connectivity index (χ4v) is 3.20. The topological polar surface area (TPSA) is 15.3 Å². The summed E-state index contributed by atoms with van der Waals surface area (Å²) in [5.41, 5.74) is 3.42. The minimum absolute atomic E-state index is 0.420. The first-order valence-corrected chi connectivity index (χ1v) is 6.91. The highest BCUT2D eigenvalue weighted by atomic mass is 35.5. The van der Waals surface area contributed by atoms with Gasteiger partial charge in [0.2, 0.25) is 0 Å². The van der Waals surface area contributed by atoms with Gasteiger partial charge in [-0.2, -0.15) is 0 Å². The summed E-state index contributed by atoms with van der Waals surface area (Å²) < 4.78 is 0. The van der Waals surface area contributed by atoms with Crippen LogP contribution in [0.2, 0.25) is 0 Å². The van der Waals surface area contributed by atoms with Crippen LogP contribution in [-0.2, 0) is 0 Å². The maximum absolute atomic E-state index is 5.76. The van der Waals surface area contributed by atoms with Gasteiger partial charge < -0.3 is 5.32 Å². The van der Waals surface area contributed by atoms with E-state index in [4.69, 9.17) is 11.6 Å². The third kappa shape index (κ3) is 2.99. The average molecular weight is 243 g/mol. The van der Waals surface area contributed by atoms with E-state index in [2.05, 4.69) is 17.1 Å². The van der Waals surface area contributed by atoms with Gasteiger partial charge in [-0.3, -0.25) is 4.90 Å². The van der Waals surface area contributed by atoms with Gasteiger partial charge >= 0.3 is 0 Å². The summed E-state index contributed by atoms with van der Waals surface area (Å²) in [6.45, 7) is 6.74. The van der Waals surface area contributed by atoms with Crippen LogP contribution in [0.25, 0.3) is 0 Å². The quantitative estimate of drug-likeness (QED) is 0.801. The first-order chi connectivity index (χ1) is 7.74. The number of nitrogens with one attached hydrogen (secondary N) is 1. The highest BCUT2D eigenvalue weighted by Gasteiger charge is 2.36. The monoisotopic (exact) mass is 242 g/mol. The smallest absolute Gasteiger partial charge is 0.0308 e. The number of halogens is 1. The fraction of sp³-hybridized carbons (Fsp3) is 0.846. The second kappa shape index (κ2) is 5.52. The van der Waals surface area contributed by atoms with Crippen LogP contribution < -0.4 is 5.32 Å². The first kappa shape index (κ1) is 12.4. The van der Waals surface area contributed by atoms with Crippen LogP contribution in [0.15, 0.2) is 11.1 Å². The zero-order valence-corrected chi connectivity index (χ0v) is 11.0. The Morgan fingerprint density at radius 2 is 2.12 bits per heavy atom. The summed E-state index contributed by atoms with van der Waals surface area (Å²) >= 11 is 5.76. The molecule has 2 fully saturated rings. The van der Waals surface area contributed by atoms with Crippen molar-refractivity contribution in [1.29, 1.82) is 0 Å². The number of rotatable bonds is 2. The average Bonchev–Trinajstić information content (AvgIpc) is 2.63. The molecule has 1 saturated heterocycles. The van der Waals surface area contributed by atoms with E-state index in [9.17, 15) is 0 Å². The van der Waals surface area contributed by atoms with Gasteiger partial charge in [-0.05, 0) is 44.8 Å². The van der Waals surface area contributed by atoms with E-state index in [0.29, 0.717) is 5.54 Å². The molecule has 0 aromatic rings. The lowest BCUT2D eigenvalue weighted by atomic mass is 9.97. The Morgan fingerprint density at radius 1 is 1.38 bits per heavy atom. The molecule has 0 aromatic carbocycles. The van der Waals surface area contributed by atoms with Crippen molar-refractivity contribution in [2.45, 2.75) is 44.6 Å². The second-order valence-corrected chi connectivity index (χ2v) is 5.65. The molecule has 16 heavy (non-hydrogen) atoms. The van der Waals surface area contributed by atoms with Crippen LogP contribution in [0.3, 0.4) is 0 Å². The summed E-state index contributed by atoms with van der Waals surface area (Å²) in [5, 5.41) is 3.78. The zero-order chi connectivity index (χ0) is 11.4. The molecule has 1 saturated carbocycles. The van der Waals surface area contributed by atoms with Gasteiger partial charge in [-0.25, -0.2) is 0 Å². The standard InChI is InChI=1S/C13H23ClN2/c1-12(9-14)10-16-8-4-7-15-13(11-16)5-2-3-6-13/h9,15H,2-8,10-11H2,1H3. The molecule has 0 aromatic heterocycles. The lowest BCUT2D eigenvalue weighted by Gasteiger charge is -2.33. The molecule has 1 heterocycles. The summed E-state index contributed by atoms with van der Waals surface area (Å²) in [4.78, 5) is 2.57. The van der Waals surface area contributed by atoms with Crippen LogP contribution in [0.5, 0.6) is 0 Å². The van der Waals surface area contributed by atoms with Crippen molar-refractivity contribution >= 4 is 11.6 Å². The van der Waals surface area contributed by atoms with E-state index in [0.717, 1.165) is 6.54 Å². The highest BCUT2D eigenvalue weighted by Crippen LogP contribution is 2.31. The number of hydrogen-bond donors (Lipinski definition) is 1. The molecule has 2 rings (SSSR count). The predicted octanol–water partition coefficient (Wildman–Crippen LogP) is 2.74. The van der Waals surface area contributed by atoms with E-state index in [1.54, 1.807) is 5.54 Å². The van der Waals surface area contributed by atoms with Gasteiger partial charge in [0.05, 0.1) is 0 Å². The van der Waals surface area contributed by atoms with Gasteiger partial charge in [0, 0.05) is 24.2 Å². The Hall–Kier alpha value is -0.0500. The molecule has 3 heteroatoms. The lowest BCUT2D eigenvalue weighted by Crippen LogP contribution is -2.49. The maximum Gasteiger partial charge on any atom is 0.0308 e. The predicted molar refractivity (Wildman–Crippen MR) is 69.9 cm³/mol. The Kier molecular flexibility index (Phi) is 4.28. The molecule has 0 unspecified atom stereocenters. The van der Waals surface area contributed by atoms with Crippen molar-refractivity contribution in [3.63, 3.8) is 0 Å². The van der Waals surface area contributed by atoms with E-state index in [-0.39, 0.29) is 0 Å². The van der Waals surface area contributed by atoms with Crippen LogP contribution in [0.1, 0.15) is 39.0 Å². The molecule has 2 nitrogen and oxygen atoms in total. The Bertz CT molecular complexity index is 257. The molecule has 92 valence electrons. The fourth-order valence-electron chi connectivity index (χ4n) is 3.13. The summed E-state index contributed by atoms with van der Waals surface area (Å²) in [6, 6.07) is 0. The van der Waals surface area contributed by atoms with Crippen molar-refractivity contribution in [2.24, 2.45) is 0 Å². The van der Waals surface area contributed by atoms with Crippen molar-refractivity contribution in [1.82, 2.24) is 10.2 Å². The van der Waals surface area contributed by atoms with Crippen molar-refractivity contribution in [2.75, 3.05) is 26.2 Å². The van der Waals surface area contributed by atoms with Crippen molar-refractivity contribution in [3.05, 3.63) is 11.1 Å². The molecule has 1 aliphatic carbocycles. The van der Waals surface area contributed by atoms with Crippen LogP contribution in [0, 0.1) is 0 Å². The van der Waals surface area contributed by atoms with Crippen molar-refractivity contribution in [3.8, 4) is 0 Å². The molecule has 1 aliphatic heterocycles. The normalized spacial score (nSPS) is 27.2. The zero-order valence-electron chi connectivity index (χ0n) is 10.3. The van der Waals surface area contributed by atoms with Gasteiger partial charge in [0.25, 0.3) is 0 Å². The minimum Gasteiger partial charge on any atom is -0.310 e. The third-order valence-corrected chi connectivity index (χ3v) is 4.27. The van der Waals surface area contributed by atoms with Crippen molar-refractivity contribution < 1.29 is 0 Å². The summed E-state index contributed by atoms with van der Waals surface area (Å²) in [7, 11) is 0. The molecule has 1 N–H and O–H groups in total. The van der Waals surface area contributed by atoms with Crippen LogP contribution >= 0.6 is 11.6 Å². The molecule has 0 amide bonds. The molecule has 1 spiro atoms. The van der Waals surface area contributed by atoms with E-state index in [1.807, 2.05) is 0 Å². The largest absolute Gasteiger partial charge is 0.310 e. The molecule has 0 bridgehead atoms. The minimum atomic E-state index is 0.420. The Labute approximate surface area is 104 Å². The Morgan fingerprint density at radius 3 is 2.81 bits per heavy atom. The SMILES string of the molecule is CC(=CCl)CN1CCCNC2(CCCC2)C1. The van der Waals surface area contributed by atoms with E-state index >= 15 is 0 Å². The van der Waals surface area contributed by atoms with E-state index < -0.39 is 0 Å². The van der Waals surface area contributed by atoms with Gasteiger partial charge in [-0.15, -0.1) is 0 Å². The van der Waals surface area contributed by atoms with Gasteiger partial charge in [0.15, 0.2) is 0 Å². The highest BCUT2D eigenvalue weighted by molar-refractivity contribution is 6.25. The lowest BCUT2D eigenvalue weighted by molar-refractivity contribution is 0.223. The number of hydrogen-bond acceptors (Lipinski definition) is 2. The van der Waals surface area contributed by atoms with E-state index in [1.165, 1.54) is 57.3 Å². The third-order valence-electron chi connectivity index (χ3n) is 3.90. The molecule has 0 atom stereocenters. The maximum atomic E-state index is 5.76. The van der Waals surface area contributed by atoms with Crippen LogP contribution in [0.4, 0.5) is 0 Å². The number of nitrogens with zero attached hydrogens (tertiary/aromatic N) is 1. The molecule has 2 aliphatic rings. The summed E-state index contributed by atoms with van der Waals surface area (Å²) in [6.07, 6.45) is 6.76. The second-order valence-electron chi connectivity index (χ2n) is 5.43. The Balaban J connectivity index is 1.98. The first-order valence-electron chi connectivity index (χ1n) is 6.47. The molecular formula is C13H23ClN2. The van der Waals surface area contributed by atoms with Crippen LogP contribution in [-0.4, -0.2) is 36.6 Å².